The number of fused-ring (bicyclic) bond motifs is 4. The summed E-state index contributed by atoms with van der Waals surface area (Å²) in [6.07, 6.45) is 3.94. The smallest absolute Gasteiger partial charge is 0.210 e. The Hall–Kier alpha value is -4.30. The normalized spacial score (nSPS) is 12.0. The first kappa shape index (κ1) is 21.2. The molecule has 3 heterocycles. The number of sulfone groups is 1. The number of aromatic amines is 1. The van der Waals surface area contributed by atoms with Gasteiger partial charge in [-0.2, -0.15) is 5.10 Å². The van der Waals surface area contributed by atoms with Gasteiger partial charge >= 0.3 is 0 Å². The van der Waals surface area contributed by atoms with Crippen molar-refractivity contribution in [2.45, 2.75) is 22.6 Å². The molecule has 7 nitrogen and oxygen atoms in total. The number of hydrogen-bond acceptors (Lipinski definition) is 6. The summed E-state index contributed by atoms with van der Waals surface area (Å²) < 4.78 is 32.8. The number of ketones is 1. The van der Waals surface area contributed by atoms with Crippen LogP contribution >= 0.6 is 0 Å². The minimum atomic E-state index is -3.80. The van der Waals surface area contributed by atoms with Gasteiger partial charge in [0.25, 0.3) is 0 Å². The SMILES string of the molecule is O=C(CCc1ccc(S(=O)(=O)c2cccc3c2oc2ccccc23)cc1)c1cnc2[nH]ncc2c1. The van der Waals surface area contributed by atoms with E-state index in [2.05, 4.69) is 15.2 Å². The van der Waals surface area contributed by atoms with Crippen LogP contribution in [-0.4, -0.2) is 29.4 Å². The van der Waals surface area contributed by atoms with Gasteiger partial charge in [0, 0.05) is 34.3 Å². The number of nitrogens with one attached hydrogen (secondary N) is 1. The zero-order valence-electron chi connectivity index (χ0n) is 18.4. The van der Waals surface area contributed by atoms with E-state index in [9.17, 15) is 13.2 Å². The fourth-order valence-corrected chi connectivity index (χ4v) is 5.69. The quantitative estimate of drug-likeness (QED) is 0.315. The van der Waals surface area contributed by atoms with E-state index in [-0.39, 0.29) is 22.0 Å². The van der Waals surface area contributed by atoms with Crippen molar-refractivity contribution in [2.24, 2.45) is 0 Å². The summed E-state index contributed by atoms with van der Waals surface area (Å²) in [7, 11) is -3.80. The Bertz CT molecular complexity index is 1830. The lowest BCUT2D eigenvalue weighted by Gasteiger charge is -2.07. The predicted octanol–water partition coefficient (Wildman–Crippen LogP) is 5.51. The maximum atomic E-state index is 13.4. The zero-order valence-corrected chi connectivity index (χ0v) is 19.2. The number of rotatable bonds is 6. The number of hydrogen-bond donors (Lipinski definition) is 1. The van der Waals surface area contributed by atoms with E-state index in [1.165, 1.54) is 6.20 Å². The molecule has 35 heavy (non-hydrogen) atoms. The number of aromatic nitrogens is 3. The molecule has 0 amide bonds. The second-order valence-electron chi connectivity index (χ2n) is 8.33. The van der Waals surface area contributed by atoms with Crippen LogP contribution in [0.25, 0.3) is 33.0 Å². The highest BCUT2D eigenvalue weighted by Crippen LogP contribution is 2.35. The molecule has 0 aliphatic rings. The van der Waals surface area contributed by atoms with Gasteiger partial charge in [-0.3, -0.25) is 9.89 Å². The molecule has 172 valence electrons. The van der Waals surface area contributed by atoms with Gasteiger partial charge in [0.15, 0.2) is 17.0 Å². The number of furan rings is 1. The van der Waals surface area contributed by atoms with E-state index in [1.807, 2.05) is 30.3 Å². The molecule has 0 unspecified atom stereocenters. The van der Waals surface area contributed by atoms with E-state index in [4.69, 9.17) is 4.42 Å². The van der Waals surface area contributed by atoms with Crippen molar-refractivity contribution in [1.29, 1.82) is 0 Å². The number of nitrogens with zero attached hydrogens (tertiary/aromatic N) is 2. The molecule has 3 aromatic heterocycles. The summed E-state index contributed by atoms with van der Waals surface area (Å²) >= 11 is 0. The molecule has 0 bridgehead atoms. The summed E-state index contributed by atoms with van der Waals surface area (Å²) in [5, 5.41) is 9.10. The number of Topliss-reactive ketones (excluding diaryl/α,β-unsaturated/α-hetero) is 1. The first-order valence-corrected chi connectivity index (χ1v) is 12.6. The van der Waals surface area contributed by atoms with Gasteiger partial charge < -0.3 is 4.42 Å². The number of H-pyrrole nitrogens is 1. The third kappa shape index (κ3) is 3.68. The Kier molecular flexibility index (Phi) is 4.96. The van der Waals surface area contributed by atoms with E-state index < -0.39 is 9.84 Å². The maximum absolute atomic E-state index is 13.4. The molecule has 0 spiro atoms. The Balaban J connectivity index is 1.24. The van der Waals surface area contributed by atoms with Gasteiger partial charge in [0.2, 0.25) is 9.84 Å². The summed E-state index contributed by atoms with van der Waals surface area (Å²) in [5.74, 6) is -0.0335. The van der Waals surface area contributed by atoms with Crippen molar-refractivity contribution >= 4 is 48.6 Å². The molecule has 0 aliphatic carbocycles. The van der Waals surface area contributed by atoms with Crippen LogP contribution < -0.4 is 0 Å². The molecule has 6 rings (SSSR count). The lowest BCUT2D eigenvalue weighted by atomic mass is 10.0. The van der Waals surface area contributed by atoms with Crippen molar-refractivity contribution in [3.63, 3.8) is 0 Å². The van der Waals surface area contributed by atoms with Gasteiger partial charge in [0.1, 0.15) is 10.5 Å². The van der Waals surface area contributed by atoms with Crippen molar-refractivity contribution in [3.8, 4) is 0 Å². The van der Waals surface area contributed by atoms with Crippen molar-refractivity contribution in [3.05, 3.63) is 96.3 Å². The molecule has 3 aromatic carbocycles. The number of carbonyl (C=O) groups excluding carboxylic acids is 1. The van der Waals surface area contributed by atoms with Crippen molar-refractivity contribution < 1.29 is 17.6 Å². The van der Waals surface area contributed by atoms with Crippen LogP contribution in [0.3, 0.4) is 0 Å². The van der Waals surface area contributed by atoms with E-state index >= 15 is 0 Å². The number of aryl methyl sites for hydroxylation is 1. The third-order valence-corrected chi connectivity index (χ3v) is 7.94. The van der Waals surface area contributed by atoms with Gasteiger partial charge in [-0.25, -0.2) is 13.4 Å². The number of benzene rings is 3. The summed E-state index contributed by atoms with van der Waals surface area (Å²) in [5.41, 5.74) is 3.03. The molecule has 0 fully saturated rings. The van der Waals surface area contributed by atoms with Gasteiger partial charge in [-0.15, -0.1) is 0 Å². The first-order valence-electron chi connectivity index (χ1n) is 11.1. The van der Waals surface area contributed by atoms with Crippen molar-refractivity contribution in [1.82, 2.24) is 15.2 Å². The average Bonchev–Trinajstić information content (AvgIpc) is 3.51. The number of carbonyl (C=O) groups is 1. The minimum absolute atomic E-state index is 0.0335. The summed E-state index contributed by atoms with van der Waals surface area (Å²) in [4.78, 5) is 17.1. The highest BCUT2D eigenvalue weighted by atomic mass is 32.2. The fraction of sp³-hybridized carbons (Fsp3) is 0.0741. The largest absolute Gasteiger partial charge is 0.455 e. The molecular weight excluding hydrogens is 462 g/mol. The van der Waals surface area contributed by atoms with Crippen molar-refractivity contribution in [2.75, 3.05) is 0 Å². The Morgan fingerprint density at radius 3 is 2.57 bits per heavy atom. The van der Waals surface area contributed by atoms with Gasteiger partial charge in [-0.1, -0.05) is 42.5 Å². The topological polar surface area (TPSA) is 106 Å². The van der Waals surface area contributed by atoms with Crippen LogP contribution in [0.15, 0.2) is 99.4 Å². The Morgan fingerprint density at radius 1 is 0.914 bits per heavy atom. The summed E-state index contributed by atoms with van der Waals surface area (Å²) in [6.45, 7) is 0. The number of pyridine rings is 1. The first-order chi connectivity index (χ1) is 17.0. The molecule has 1 N–H and O–H groups in total. The molecule has 0 aliphatic heterocycles. The van der Waals surface area contributed by atoms with Crippen LogP contribution in [0.4, 0.5) is 0 Å². The van der Waals surface area contributed by atoms with Crippen LogP contribution in [-0.2, 0) is 16.3 Å². The minimum Gasteiger partial charge on any atom is -0.455 e. The highest BCUT2D eigenvalue weighted by molar-refractivity contribution is 7.91. The lowest BCUT2D eigenvalue weighted by Crippen LogP contribution is -2.04. The molecule has 0 saturated carbocycles. The molecule has 0 saturated heterocycles. The molecule has 0 radical (unpaired) electrons. The predicted molar refractivity (Wildman–Crippen MR) is 132 cm³/mol. The Labute approximate surface area is 200 Å². The lowest BCUT2D eigenvalue weighted by molar-refractivity contribution is 0.0982. The standard InChI is InChI=1S/C27H19N3O4S/c31-23(18-14-19-16-29-30-27(19)28-15-18)13-10-17-8-11-20(12-9-17)35(32,33)25-7-3-5-22-21-4-1-2-6-24(21)34-26(22)25/h1-9,11-12,14-16H,10,13H2,(H,28,29,30). The second kappa shape index (κ2) is 8.18. The monoisotopic (exact) mass is 481 g/mol. The zero-order chi connectivity index (χ0) is 24.0. The molecule has 8 heteroatoms. The average molecular weight is 482 g/mol. The molecule has 6 aromatic rings. The fourth-order valence-electron chi connectivity index (χ4n) is 4.29. The second-order valence-corrected chi connectivity index (χ2v) is 10.3. The van der Waals surface area contributed by atoms with Crippen LogP contribution in [0.1, 0.15) is 22.3 Å². The molecule has 0 atom stereocenters. The maximum Gasteiger partial charge on any atom is 0.210 e. The highest BCUT2D eigenvalue weighted by Gasteiger charge is 2.23. The van der Waals surface area contributed by atoms with E-state index in [1.54, 1.807) is 48.7 Å². The summed E-state index contributed by atoms with van der Waals surface area (Å²) in [6, 6.07) is 21.1. The number of para-hydroxylation sites is 2. The Morgan fingerprint density at radius 2 is 1.71 bits per heavy atom. The van der Waals surface area contributed by atoms with Gasteiger partial charge in [0.05, 0.1) is 11.1 Å². The van der Waals surface area contributed by atoms with E-state index in [0.29, 0.717) is 28.8 Å². The van der Waals surface area contributed by atoms with Crippen LogP contribution in [0.5, 0.6) is 0 Å². The van der Waals surface area contributed by atoms with Gasteiger partial charge in [-0.05, 0) is 42.3 Å². The van der Waals surface area contributed by atoms with E-state index in [0.717, 1.165) is 21.7 Å². The van der Waals surface area contributed by atoms with Crippen LogP contribution in [0.2, 0.25) is 0 Å². The third-order valence-electron chi connectivity index (χ3n) is 6.15. The molecular formula is C27H19N3O4S. The van der Waals surface area contributed by atoms with Crippen LogP contribution in [0, 0.1) is 0 Å².